The number of aryl methyl sites for hydroxylation is 2. The van der Waals surface area contributed by atoms with Crippen LogP contribution in [0, 0.1) is 26.7 Å². The van der Waals surface area contributed by atoms with E-state index in [1.807, 2.05) is 0 Å². The summed E-state index contributed by atoms with van der Waals surface area (Å²) in [6, 6.07) is 6.63. The van der Waals surface area contributed by atoms with Crippen LogP contribution >= 0.6 is 0 Å². The molecule has 0 nitrogen and oxygen atoms in total. The van der Waals surface area contributed by atoms with Gasteiger partial charge in [0.15, 0.2) is 0 Å². The Bertz CT molecular complexity index is 316. The van der Waals surface area contributed by atoms with Crippen LogP contribution in [0.5, 0.6) is 0 Å². The Labute approximate surface area is 107 Å². The maximum atomic E-state index is 4.28. The fourth-order valence-corrected chi connectivity index (χ4v) is 2.74. The lowest BCUT2D eigenvalue weighted by Gasteiger charge is -2.25. The van der Waals surface area contributed by atoms with E-state index in [-0.39, 0.29) is 0 Å². The third kappa shape index (κ3) is 3.87. The van der Waals surface area contributed by atoms with E-state index in [1.54, 1.807) is 5.56 Å². The minimum atomic E-state index is 0.492. The molecule has 0 saturated heterocycles. The molecule has 95 valence electrons. The first-order valence-electron chi connectivity index (χ1n) is 6.97. The quantitative estimate of drug-likeness (QED) is 0.572. The van der Waals surface area contributed by atoms with Crippen LogP contribution in [0.2, 0.25) is 0 Å². The van der Waals surface area contributed by atoms with Gasteiger partial charge in [0.1, 0.15) is 0 Å². The summed E-state index contributed by atoms with van der Waals surface area (Å²) in [7, 11) is 0. The Morgan fingerprint density at radius 1 is 1.12 bits per heavy atom. The molecule has 2 atom stereocenters. The van der Waals surface area contributed by atoms with Crippen molar-refractivity contribution in [3.05, 3.63) is 41.8 Å². The van der Waals surface area contributed by atoms with E-state index in [4.69, 9.17) is 0 Å². The van der Waals surface area contributed by atoms with Crippen LogP contribution in [0.25, 0.3) is 0 Å². The Hall–Kier alpha value is -0.780. The fourth-order valence-electron chi connectivity index (χ4n) is 2.74. The van der Waals surface area contributed by atoms with Crippen molar-refractivity contribution in [1.82, 2.24) is 0 Å². The van der Waals surface area contributed by atoms with E-state index in [0.717, 1.165) is 0 Å². The molecule has 0 aliphatic carbocycles. The third-order valence-corrected chi connectivity index (χ3v) is 3.72. The average Bonchev–Trinajstić information content (AvgIpc) is 2.26. The van der Waals surface area contributed by atoms with Crippen LogP contribution in [0.15, 0.2) is 18.2 Å². The van der Waals surface area contributed by atoms with E-state index >= 15 is 0 Å². The molecule has 0 heteroatoms. The van der Waals surface area contributed by atoms with Crippen LogP contribution in [0.1, 0.15) is 62.1 Å². The van der Waals surface area contributed by atoms with Crippen LogP contribution in [0.4, 0.5) is 0 Å². The molecule has 0 aromatic heterocycles. The Kier molecular flexibility index (Phi) is 5.74. The summed E-state index contributed by atoms with van der Waals surface area (Å²) in [6.45, 7) is 13.3. The first kappa shape index (κ1) is 14.3. The van der Waals surface area contributed by atoms with Crippen LogP contribution in [-0.2, 0) is 0 Å². The van der Waals surface area contributed by atoms with E-state index in [0.29, 0.717) is 11.8 Å². The van der Waals surface area contributed by atoms with Crippen molar-refractivity contribution in [1.29, 1.82) is 0 Å². The molecule has 1 radical (unpaired) electrons. The highest BCUT2D eigenvalue weighted by atomic mass is 14.2. The maximum Gasteiger partial charge on any atom is -0.0131 e. The molecule has 0 spiro atoms. The molecule has 0 N–H and O–H groups in total. The molecule has 0 saturated carbocycles. The zero-order valence-corrected chi connectivity index (χ0v) is 11.9. The predicted molar refractivity (Wildman–Crippen MR) is 77.3 cm³/mol. The molecule has 0 aliphatic heterocycles. The summed E-state index contributed by atoms with van der Waals surface area (Å²) in [6.07, 6.45) is 5.25. The van der Waals surface area contributed by atoms with Gasteiger partial charge in [-0.25, -0.2) is 0 Å². The second-order valence-corrected chi connectivity index (χ2v) is 5.39. The van der Waals surface area contributed by atoms with Gasteiger partial charge in [-0.15, -0.1) is 0 Å². The second-order valence-electron chi connectivity index (χ2n) is 5.39. The minimum absolute atomic E-state index is 0.492. The smallest absolute Gasteiger partial charge is 0.0131 e. The van der Waals surface area contributed by atoms with E-state index < -0.39 is 0 Å². The summed E-state index contributed by atoms with van der Waals surface area (Å²) >= 11 is 0. The lowest BCUT2D eigenvalue weighted by atomic mass is 9.80. The lowest BCUT2D eigenvalue weighted by Crippen LogP contribution is -2.10. The summed E-state index contributed by atoms with van der Waals surface area (Å²) < 4.78 is 0. The molecule has 0 amide bonds. The molecule has 0 aliphatic rings. The molecule has 0 fully saturated rings. The van der Waals surface area contributed by atoms with Crippen LogP contribution < -0.4 is 0 Å². The van der Waals surface area contributed by atoms with Gasteiger partial charge in [-0.3, -0.25) is 0 Å². The third-order valence-electron chi connectivity index (χ3n) is 3.72. The second kappa shape index (κ2) is 6.83. The van der Waals surface area contributed by atoms with E-state index in [2.05, 4.69) is 52.8 Å². The molecule has 1 aromatic rings. The fraction of sp³-hybridized carbons (Fsp3) is 0.588. The van der Waals surface area contributed by atoms with Gasteiger partial charge in [0.25, 0.3) is 0 Å². The number of unbranched alkanes of at least 4 members (excludes halogenated alkanes) is 2. The largest absolute Gasteiger partial charge is 0.0654 e. The van der Waals surface area contributed by atoms with Crippen molar-refractivity contribution >= 4 is 0 Å². The van der Waals surface area contributed by atoms with Crippen LogP contribution in [-0.4, -0.2) is 0 Å². The molecule has 17 heavy (non-hydrogen) atoms. The van der Waals surface area contributed by atoms with Gasteiger partial charge >= 0.3 is 0 Å². The van der Waals surface area contributed by atoms with E-state index in [1.165, 1.54) is 36.8 Å². The van der Waals surface area contributed by atoms with Crippen molar-refractivity contribution in [3.63, 3.8) is 0 Å². The van der Waals surface area contributed by atoms with Gasteiger partial charge in [-0.1, -0.05) is 51.3 Å². The molecule has 1 rings (SSSR count). The highest BCUT2D eigenvalue weighted by Crippen LogP contribution is 2.33. The van der Waals surface area contributed by atoms with Crippen molar-refractivity contribution in [2.45, 2.75) is 59.3 Å². The van der Waals surface area contributed by atoms with Gasteiger partial charge in [0.2, 0.25) is 0 Å². The summed E-state index contributed by atoms with van der Waals surface area (Å²) in [5.74, 6) is 1.12. The van der Waals surface area contributed by atoms with Crippen molar-refractivity contribution in [2.24, 2.45) is 5.92 Å². The molecule has 0 heterocycles. The van der Waals surface area contributed by atoms with Crippen molar-refractivity contribution in [2.75, 3.05) is 0 Å². The monoisotopic (exact) mass is 231 g/mol. The summed E-state index contributed by atoms with van der Waals surface area (Å²) in [4.78, 5) is 0. The predicted octanol–water partition coefficient (Wildman–Crippen LogP) is 5.44. The molecule has 2 unspecified atom stereocenters. The van der Waals surface area contributed by atoms with Gasteiger partial charge in [0.05, 0.1) is 0 Å². The van der Waals surface area contributed by atoms with E-state index in [9.17, 15) is 0 Å². The summed E-state index contributed by atoms with van der Waals surface area (Å²) in [5, 5.41) is 0. The highest BCUT2D eigenvalue weighted by Gasteiger charge is 2.18. The number of benzene rings is 1. The van der Waals surface area contributed by atoms with Gasteiger partial charge < -0.3 is 0 Å². The highest BCUT2D eigenvalue weighted by molar-refractivity contribution is 5.37. The van der Waals surface area contributed by atoms with Crippen molar-refractivity contribution in [3.8, 4) is 0 Å². The minimum Gasteiger partial charge on any atom is -0.0654 e. The van der Waals surface area contributed by atoms with Gasteiger partial charge in [-0.2, -0.15) is 0 Å². The van der Waals surface area contributed by atoms with Gasteiger partial charge in [0, 0.05) is 0 Å². The molecule has 0 bridgehead atoms. The normalized spacial score (nSPS) is 13.1. The Morgan fingerprint density at radius 3 is 2.18 bits per heavy atom. The molecular formula is C17H27. The SMILES string of the molecule is [CH2]C(C)C(CCCCC)c1c(C)cccc1C. The Balaban J connectivity index is 2.89. The zero-order valence-electron chi connectivity index (χ0n) is 11.9. The first-order valence-corrected chi connectivity index (χ1v) is 6.97. The summed E-state index contributed by atoms with van der Waals surface area (Å²) in [5.41, 5.74) is 4.41. The Morgan fingerprint density at radius 2 is 1.71 bits per heavy atom. The van der Waals surface area contributed by atoms with Gasteiger partial charge in [-0.05, 0) is 55.7 Å². The molecular weight excluding hydrogens is 204 g/mol. The molecule has 1 aromatic carbocycles. The number of rotatable bonds is 6. The zero-order chi connectivity index (χ0) is 12.8. The topological polar surface area (TPSA) is 0 Å². The standard InChI is InChI=1S/C17H27/c1-6-7-8-12-16(13(2)3)17-14(4)10-9-11-15(17)5/h9-11,13,16H,2,6-8,12H2,1,3-5H3. The average molecular weight is 231 g/mol. The number of hydrogen-bond donors (Lipinski definition) is 0. The maximum absolute atomic E-state index is 4.28. The lowest BCUT2D eigenvalue weighted by molar-refractivity contribution is 0.475. The first-order chi connectivity index (χ1) is 8.07. The van der Waals surface area contributed by atoms with Crippen molar-refractivity contribution < 1.29 is 0 Å². The van der Waals surface area contributed by atoms with Crippen LogP contribution in [0.3, 0.4) is 0 Å². The number of hydrogen-bond acceptors (Lipinski definition) is 0.